The average molecular weight is 171 g/mol. The summed E-state index contributed by atoms with van der Waals surface area (Å²) in [4.78, 5) is 10.6. The Bertz CT molecular complexity index is 203. The van der Waals surface area contributed by atoms with Gasteiger partial charge in [0, 0.05) is 13.0 Å². The Morgan fingerprint density at radius 1 is 1.42 bits per heavy atom. The minimum atomic E-state index is -0.566. The third kappa shape index (κ3) is 1.21. The van der Waals surface area contributed by atoms with E-state index < -0.39 is 6.17 Å². The van der Waals surface area contributed by atoms with Crippen LogP contribution in [0.5, 0.6) is 0 Å². The molecule has 0 atom stereocenters. The van der Waals surface area contributed by atoms with E-state index in [-0.39, 0.29) is 11.3 Å². The van der Waals surface area contributed by atoms with E-state index in [4.69, 9.17) is 0 Å². The molecule has 0 aromatic carbocycles. The van der Waals surface area contributed by atoms with Gasteiger partial charge in [-0.1, -0.05) is 0 Å². The van der Waals surface area contributed by atoms with Gasteiger partial charge in [0.25, 0.3) is 0 Å². The smallest absolute Gasteiger partial charge is 0.217 e. The molecule has 1 amide bonds. The van der Waals surface area contributed by atoms with Crippen LogP contribution in [0.15, 0.2) is 0 Å². The topological polar surface area (TPSA) is 29.1 Å². The largest absolute Gasteiger partial charge is 0.354 e. The van der Waals surface area contributed by atoms with Crippen LogP contribution in [0.25, 0.3) is 0 Å². The first kappa shape index (κ1) is 8.02. The Morgan fingerprint density at radius 2 is 2.00 bits per heavy atom. The third-order valence-electron chi connectivity index (χ3n) is 3.08. The Kier molecular flexibility index (Phi) is 1.63. The lowest BCUT2D eigenvalue weighted by Crippen LogP contribution is -2.56. The highest BCUT2D eigenvalue weighted by Crippen LogP contribution is 2.56. The van der Waals surface area contributed by atoms with Gasteiger partial charge in [-0.05, 0) is 31.1 Å². The van der Waals surface area contributed by atoms with E-state index in [0.29, 0.717) is 6.04 Å². The van der Waals surface area contributed by atoms with Gasteiger partial charge in [-0.3, -0.25) is 4.79 Å². The van der Waals surface area contributed by atoms with Gasteiger partial charge in [0.1, 0.15) is 6.17 Å². The quantitative estimate of drug-likeness (QED) is 0.635. The van der Waals surface area contributed by atoms with E-state index in [2.05, 4.69) is 5.32 Å². The van der Waals surface area contributed by atoms with Crippen molar-refractivity contribution in [1.82, 2.24) is 5.32 Å². The molecule has 2 aliphatic rings. The first-order valence-electron chi connectivity index (χ1n) is 4.51. The number of carbonyl (C=O) groups is 1. The van der Waals surface area contributed by atoms with Gasteiger partial charge < -0.3 is 5.32 Å². The van der Waals surface area contributed by atoms with Crippen LogP contribution >= 0.6 is 0 Å². The van der Waals surface area contributed by atoms with Gasteiger partial charge in [-0.15, -0.1) is 0 Å². The Hall–Kier alpha value is -0.600. The van der Waals surface area contributed by atoms with Crippen molar-refractivity contribution in [2.24, 2.45) is 5.41 Å². The van der Waals surface area contributed by atoms with Crippen LogP contribution in [-0.4, -0.2) is 18.1 Å². The number of hydrogen-bond acceptors (Lipinski definition) is 1. The minimum absolute atomic E-state index is 0.0333. The summed E-state index contributed by atoms with van der Waals surface area (Å²) in [6.07, 6.45) is 2.87. The molecule has 2 saturated carbocycles. The van der Waals surface area contributed by atoms with Crippen molar-refractivity contribution in [3.05, 3.63) is 0 Å². The molecule has 1 spiro atoms. The van der Waals surface area contributed by atoms with Crippen molar-refractivity contribution in [1.29, 1.82) is 0 Å². The number of nitrogens with one attached hydrogen (secondary N) is 1. The highest BCUT2D eigenvalue weighted by Gasteiger charge is 2.53. The predicted octanol–water partition coefficient (Wildman–Crippen LogP) is 1.40. The van der Waals surface area contributed by atoms with Crippen LogP contribution in [0, 0.1) is 5.41 Å². The second-order valence-electron chi connectivity index (χ2n) is 4.31. The maximum Gasteiger partial charge on any atom is 0.217 e. The monoisotopic (exact) mass is 171 g/mol. The van der Waals surface area contributed by atoms with Gasteiger partial charge in [0.15, 0.2) is 0 Å². The third-order valence-corrected chi connectivity index (χ3v) is 3.08. The zero-order chi connectivity index (χ0) is 8.77. The van der Waals surface area contributed by atoms with E-state index in [1.165, 1.54) is 6.92 Å². The number of alkyl halides is 1. The normalized spacial score (nSPS) is 44.8. The van der Waals surface area contributed by atoms with E-state index in [9.17, 15) is 9.18 Å². The number of carbonyl (C=O) groups excluding carboxylic acids is 1. The zero-order valence-electron chi connectivity index (χ0n) is 7.27. The Labute approximate surface area is 71.5 Å². The van der Waals surface area contributed by atoms with Gasteiger partial charge in [0.05, 0.1) is 0 Å². The lowest BCUT2D eigenvalue weighted by Gasteiger charge is -2.55. The van der Waals surface area contributed by atoms with E-state index in [1.54, 1.807) is 0 Å². The molecular formula is C9H14FNO. The molecule has 0 aromatic rings. The number of halogens is 1. The lowest BCUT2D eigenvalue weighted by atomic mass is 9.53. The summed E-state index contributed by atoms with van der Waals surface area (Å²) in [6.45, 7) is 1.53. The molecule has 0 heterocycles. The average Bonchev–Trinajstić information content (AvgIpc) is 1.78. The fourth-order valence-electron chi connectivity index (χ4n) is 2.59. The van der Waals surface area contributed by atoms with Gasteiger partial charge in [-0.25, -0.2) is 4.39 Å². The van der Waals surface area contributed by atoms with Crippen molar-refractivity contribution in [3.8, 4) is 0 Å². The van der Waals surface area contributed by atoms with Crippen LogP contribution in [0.2, 0.25) is 0 Å². The Morgan fingerprint density at radius 3 is 2.42 bits per heavy atom. The summed E-state index contributed by atoms with van der Waals surface area (Å²) in [5, 5.41) is 2.86. The number of rotatable bonds is 1. The Balaban J connectivity index is 1.74. The van der Waals surface area contributed by atoms with Gasteiger partial charge >= 0.3 is 0 Å². The number of amides is 1. The minimum Gasteiger partial charge on any atom is -0.354 e. The molecule has 0 aliphatic heterocycles. The zero-order valence-corrected chi connectivity index (χ0v) is 7.27. The van der Waals surface area contributed by atoms with E-state index in [1.807, 2.05) is 0 Å². The van der Waals surface area contributed by atoms with Crippen molar-refractivity contribution < 1.29 is 9.18 Å². The van der Waals surface area contributed by atoms with Crippen molar-refractivity contribution in [2.75, 3.05) is 0 Å². The summed E-state index contributed by atoms with van der Waals surface area (Å²) in [5.74, 6) is 0.0333. The fourth-order valence-corrected chi connectivity index (χ4v) is 2.59. The molecule has 3 heteroatoms. The molecular weight excluding hydrogens is 157 g/mol. The number of hydrogen-bond donors (Lipinski definition) is 1. The molecule has 2 fully saturated rings. The summed E-state index contributed by atoms with van der Waals surface area (Å²) >= 11 is 0. The van der Waals surface area contributed by atoms with Crippen molar-refractivity contribution >= 4 is 5.91 Å². The molecule has 1 N–H and O–H groups in total. The van der Waals surface area contributed by atoms with Crippen LogP contribution < -0.4 is 5.32 Å². The molecule has 0 saturated heterocycles. The molecule has 12 heavy (non-hydrogen) atoms. The molecule has 2 rings (SSSR count). The van der Waals surface area contributed by atoms with Gasteiger partial charge in [-0.2, -0.15) is 0 Å². The summed E-state index contributed by atoms with van der Waals surface area (Å²) in [6, 6.07) is 0.329. The molecule has 0 bridgehead atoms. The molecule has 68 valence electrons. The standard InChI is InChI=1S/C9H14FNO/c1-6(12)11-8-4-9(5-8)2-7(10)3-9/h7-8H,2-5H2,1H3,(H,11,12). The molecule has 0 aromatic heterocycles. The maximum absolute atomic E-state index is 12.5. The van der Waals surface area contributed by atoms with E-state index >= 15 is 0 Å². The molecule has 2 aliphatic carbocycles. The maximum atomic E-state index is 12.5. The summed E-state index contributed by atoms with van der Waals surface area (Å²) in [5.41, 5.74) is 0.284. The highest BCUT2D eigenvalue weighted by atomic mass is 19.1. The SMILES string of the molecule is CC(=O)NC1CC2(CC(F)C2)C1. The summed E-state index contributed by atoms with van der Waals surface area (Å²) in [7, 11) is 0. The van der Waals surface area contributed by atoms with E-state index in [0.717, 1.165) is 25.7 Å². The summed E-state index contributed by atoms with van der Waals surface area (Å²) < 4.78 is 12.5. The van der Waals surface area contributed by atoms with Crippen LogP contribution in [0.3, 0.4) is 0 Å². The molecule has 2 nitrogen and oxygen atoms in total. The highest BCUT2D eigenvalue weighted by molar-refractivity contribution is 5.73. The first-order valence-corrected chi connectivity index (χ1v) is 4.51. The fraction of sp³-hybridized carbons (Fsp3) is 0.889. The van der Waals surface area contributed by atoms with Crippen molar-refractivity contribution in [3.63, 3.8) is 0 Å². The first-order chi connectivity index (χ1) is 5.60. The molecule has 0 radical (unpaired) electrons. The lowest BCUT2D eigenvalue weighted by molar-refractivity contribution is -0.123. The second-order valence-corrected chi connectivity index (χ2v) is 4.31. The van der Waals surface area contributed by atoms with Gasteiger partial charge in [0.2, 0.25) is 5.91 Å². The van der Waals surface area contributed by atoms with Crippen LogP contribution in [0.1, 0.15) is 32.6 Å². The van der Waals surface area contributed by atoms with Crippen LogP contribution in [0.4, 0.5) is 4.39 Å². The van der Waals surface area contributed by atoms with Crippen molar-refractivity contribution in [2.45, 2.75) is 44.8 Å². The second kappa shape index (κ2) is 2.44. The predicted molar refractivity (Wildman–Crippen MR) is 43.4 cm³/mol. The molecule has 0 unspecified atom stereocenters. The van der Waals surface area contributed by atoms with Crippen LogP contribution in [-0.2, 0) is 4.79 Å².